The molecular weight excluding hydrogens is 150 g/mol. The Morgan fingerprint density at radius 3 is 1.73 bits per heavy atom. The van der Waals surface area contributed by atoms with Crippen molar-refractivity contribution in [2.75, 3.05) is 13.5 Å². The minimum Gasteiger partial charge on any atom is -0.448 e. The molecule has 0 spiro atoms. The van der Waals surface area contributed by atoms with Gasteiger partial charge in [0.15, 0.2) is 13.5 Å². The first kappa shape index (κ1) is 9.90. The van der Waals surface area contributed by atoms with Crippen LogP contribution in [0.3, 0.4) is 0 Å². The van der Waals surface area contributed by atoms with Crippen molar-refractivity contribution in [2.45, 2.75) is 13.8 Å². The number of carbonyl (C=O) groups is 2. The Hall–Kier alpha value is -1.10. The fourth-order valence-electron chi connectivity index (χ4n) is 0.310. The van der Waals surface area contributed by atoms with Crippen LogP contribution in [-0.2, 0) is 19.1 Å². The van der Waals surface area contributed by atoms with Gasteiger partial charge in [-0.2, -0.15) is 5.32 Å². The largest absolute Gasteiger partial charge is 0.448 e. The molecule has 5 heteroatoms. The first-order chi connectivity index (χ1) is 5.13. The highest BCUT2D eigenvalue weighted by Crippen LogP contribution is 1.76. The molecule has 0 atom stereocenters. The van der Waals surface area contributed by atoms with Crippen LogP contribution >= 0.6 is 0 Å². The maximum absolute atomic E-state index is 10.2. The normalized spacial score (nSPS) is 8.91. The number of hydrogen-bond donors (Lipinski definition) is 0. The molecule has 0 heterocycles. The van der Waals surface area contributed by atoms with E-state index in [0.717, 1.165) is 0 Å². The smallest absolute Gasteiger partial charge is 0.303 e. The first-order valence-electron chi connectivity index (χ1n) is 3.03. The van der Waals surface area contributed by atoms with Crippen LogP contribution in [0.1, 0.15) is 13.8 Å². The third-order valence-electron chi connectivity index (χ3n) is 0.718. The average molecular weight is 160 g/mol. The van der Waals surface area contributed by atoms with Crippen LogP contribution in [-0.4, -0.2) is 25.4 Å². The standard InChI is InChI=1S/C6H10NO4/c1-5(8)10-3-7-4-11-6(2)9/h3-4H2,1-2H3. The summed E-state index contributed by atoms with van der Waals surface area (Å²) in [7, 11) is 0. The molecule has 0 unspecified atom stereocenters. The summed E-state index contributed by atoms with van der Waals surface area (Å²) < 4.78 is 8.85. The molecule has 0 N–H and O–H groups in total. The molecule has 0 aromatic heterocycles. The second kappa shape index (κ2) is 5.67. The molecule has 5 nitrogen and oxygen atoms in total. The molecule has 0 bridgehead atoms. The summed E-state index contributed by atoms with van der Waals surface area (Å²) in [4.78, 5) is 20.3. The summed E-state index contributed by atoms with van der Waals surface area (Å²) >= 11 is 0. The first-order valence-corrected chi connectivity index (χ1v) is 3.03. The number of esters is 2. The average Bonchev–Trinajstić information content (AvgIpc) is 1.85. The van der Waals surface area contributed by atoms with Gasteiger partial charge in [0.05, 0.1) is 0 Å². The van der Waals surface area contributed by atoms with Crippen molar-refractivity contribution >= 4 is 11.9 Å². The van der Waals surface area contributed by atoms with E-state index in [-0.39, 0.29) is 13.5 Å². The summed E-state index contributed by atoms with van der Waals surface area (Å²) in [5, 5.41) is 3.57. The van der Waals surface area contributed by atoms with Crippen LogP contribution in [0, 0.1) is 0 Å². The summed E-state index contributed by atoms with van der Waals surface area (Å²) in [5.74, 6) is -0.812. The monoisotopic (exact) mass is 160 g/mol. The lowest BCUT2D eigenvalue weighted by Crippen LogP contribution is -2.17. The van der Waals surface area contributed by atoms with E-state index in [2.05, 4.69) is 14.8 Å². The summed E-state index contributed by atoms with van der Waals surface area (Å²) in [6, 6.07) is 0. The molecule has 0 aromatic carbocycles. The summed E-state index contributed by atoms with van der Waals surface area (Å²) in [6.45, 7) is 2.42. The second-order valence-corrected chi connectivity index (χ2v) is 1.75. The van der Waals surface area contributed by atoms with E-state index in [1.165, 1.54) is 13.8 Å². The lowest BCUT2D eigenvalue weighted by atomic mass is 10.8. The van der Waals surface area contributed by atoms with Crippen LogP contribution in [0.4, 0.5) is 0 Å². The highest BCUT2D eigenvalue weighted by atomic mass is 16.6. The van der Waals surface area contributed by atoms with Crippen molar-refractivity contribution in [3.05, 3.63) is 0 Å². The number of rotatable bonds is 4. The van der Waals surface area contributed by atoms with Gasteiger partial charge in [-0.1, -0.05) is 0 Å². The molecule has 0 fully saturated rings. The molecule has 0 saturated carbocycles. The Kier molecular flexibility index (Phi) is 5.10. The van der Waals surface area contributed by atoms with E-state index >= 15 is 0 Å². The van der Waals surface area contributed by atoms with Crippen molar-refractivity contribution in [1.29, 1.82) is 0 Å². The summed E-state index contributed by atoms with van der Waals surface area (Å²) in [5.41, 5.74) is 0. The minimum absolute atomic E-state index is 0.0669. The molecular formula is C6H10NO4. The van der Waals surface area contributed by atoms with Crippen LogP contribution < -0.4 is 5.32 Å². The fraction of sp³-hybridized carbons (Fsp3) is 0.667. The molecule has 0 aliphatic carbocycles. The van der Waals surface area contributed by atoms with Crippen molar-refractivity contribution in [3.63, 3.8) is 0 Å². The quantitative estimate of drug-likeness (QED) is 0.415. The fourth-order valence-corrected chi connectivity index (χ4v) is 0.310. The number of nitrogens with zero attached hydrogens (tertiary/aromatic N) is 1. The number of ether oxygens (including phenoxy) is 2. The lowest BCUT2D eigenvalue weighted by molar-refractivity contribution is -0.145. The second-order valence-electron chi connectivity index (χ2n) is 1.75. The molecule has 0 rings (SSSR count). The predicted octanol–water partition coefficient (Wildman–Crippen LogP) is -0.368. The Labute approximate surface area is 64.7 Å². The van der Waals surface area contributed by atoms with Gasteiger partial charge in [-0.3, -0.25) is 9.59 Å². The van der Waals surface area contributed by atoms with Crippen molar-refractivity contribution in [1.82, 2.24) is 5.32 Å². The Bertz CT molecular complexity index is 130. The molecule has 0 aliphatic rings. The summed E-state index contributed by atoms with van der Waals surface area (Å²) in [6.07, 6.45) is 0. The zero-order valence-corrected chi connectivity index (χ0v) is 6.49. The lowest BCUT2D eigenvalue weighted by Gasteiger charge is -2.01. The molecule has 1 radical (unpaired) electrons. The van der Waals surface area contributed by atoms with Crippen LogP contribution in [0.5, 0.6) is 0 Å². The van der Waals surface area contributed by atoms with E-state index in [0.29, 0.717) is 0 Å². The molecule has 0 aliphatic heterocycles. The van der Waals surface area contributed by atoms with Crippen molar-refractivity contribution < 1.29 is 19.1 Å². The van der Waals surface area contributed by atoms with E-state index in [1.54, 1.807) is 0 Å². The minimum atomic E-state index is -0.406. The predicted molar refractivity (Wildman–Crippen MR) is 35.4 cm³/mol. The van der Waals surface area contributed by atoms with Crippen molar-refractivity contribution in [3.8, 4) is 0 Å². The molecule has 0 amide bonds. The maximum Gasteiger partial charge on any atom is 0.303 e. The van der Waals surface area contributed by atoms with Gasteiger partial charge in [0, 0.05) is 13.8 Å². The third-order valence-corrected chi connectivity index (χ3v) is 0.718. The zero-order chi connectivity index (χ0) is 8.69. The maximum atomic E-state index is 10.2. The van der Waals surface area contributed by atoms with Gasteiger partial charge < -0.3 is 9.47 Å². The van der Waals surface area contributed by atoms with Gasteiger partial charge in [-0.25, -0.2) is 0 Å². The van der Waals surface area contributed by atoms with Crippen LogP contribution in [0.25, 0.3) is 0 Å². The van der Waals surface area contributed by atoms with Gasteiger partial charge in [-0.15, -0.1) is 0 Å². The highest BCUT2D eigenvalue weighted by Gasteiger charge is 1.94. The molecule has 0 aromatic rings. The number of carbonyl (C=O) groups excluding carboxylic acids is 2. The van der Waals surface area contributed by atoms with Gasteiger partial charge in [-0.05, 0) is 0 Å². The van der Waals surface area contributed by atoms with Gasteiger partial charge in [0.1, 0.15) is 0 Å². The Morgan fingerprint density at radius 2 is 1.45 bits per heavy atom. The molecule has 11 heavy (non-hydrogen) atoms. The van der Waals surface area contributed by atoms with Gasteiger partial charge in [0.2, 0.25) is 0 Å². The van der Waals surface area contributed by atoms with E-state index in [4.69, 9.17) is 0 Å². The molecule has 63 valence electrons. The highest BCUT2D eigenvalue weighted by molar-refractivity contribution is 5.66. The topological polar surface area (TPSA) is 66.7 Å². The van der Waals surface area contributed by atoms with E-state index in [9.17, 15) is 9.59 Å². The molecule has 0 saturated heterocycles. The van der Waals surface area contributed by atoms with Crippen molar-refractivity contribution in [2.24, 2.45) is 0 Å². The van der Waals surface area contributed by atoms with Gasteiger partial charge in [0.25, 0.3) is 0 Å². The van der Waals surface area contributed by atoms with Gasteiger partial charge >= 0.3 is 11.9 Å². The van der Waals surface area contributed by atoms with Crippen LogP contribution in [0.15, 0.2) is 0 Å². The zero-order valence-electron chi connectivity index (χ0n) is 6.49. The van der Waals surface area contributed by atoms with Crippen LogP contribution in [0.2, 0.25) is 0 Å². The van der Waals surface area contributed by atoms with E-state index in [1.807, 2.05) is 0 Å². The SMILES string of the molecule is CC(=O)OC[N]COC(C)=O. The third kappa shape index (κ3) is 8.90. The Balaban J connectivity index is 3.03. The Morgan fingerprint density at radius 1 is 1.09 bits per heavy atom. The number of hydrogen-bond acceptors (Lipinski definition) is 4. The van der Waals surface area contributed by atoms with E-state index < -0.39 is 11.9 Å².